The van der Waals surface area contributed by atoms with Crippen molar-refractivity contribution in [3.63, 3.8) is 0 Å². The van der Waals surface area contributed by atoms with Gasteiger partial charge in [0.2, 0.25) is 5.91 Å². The Morgan fingerprint density at radius 1 is 1.09 bits per heavy atom. The maximum Gasteiger partial charge on any atom is 0.232 e. The molecule has 1 amide bonds. The Balaban J connectivity index is 1.92. The van der Waals surface area contributed by atoms with Crippen LogP contribution in [0.5, 0.6) is 11.5 Å². The molecule has 0 N–H and O–H groups in total. The minimum atomic E-state index is -0.322. The minimum Gasteiger partial charge on any atom is -0.493 e. The Hall–Kier alpha value is -3.18. The fourth-order valence-corrected chi connectivity index (χ4v) is 4.67. The number of nitrogens with zero attached hydrogens (tertiary/aromatic N) is 2. The van der Waals surface area contributed by atoms with Crippen LogP contribution in [-0.2, 0) is 11.2 Å². The van der Waals surface area contributed by atoms with Gasteiger partial charge < -0.3 is 19.3 Å². The zero-order valence-corrected chi connectivity index (χ0v) is 22.0. The van der Waals surface area contributed by atoms with Crippen molar-refractivity contribution in [1.29, 1.82) is 0 Å². The molecule has 2 unspecified atom stereocenters. The van der Waals surface area contributed by atoms with Gasteiger partial charge in [0.25, 0.3) is 0 Å². The molecule has 1 aliphatic rings. The summed E-state index contributed by atoms with van der Waals surface area (Å²) in [6.45, 7) is 6.18. The third kappa shape index (κ3) is 4.96. The van der Waals surface area contributed by atoms with Gasteiger partial charge in [0.1, 0.15) is 0 Å². The molecule has 2 atom stereocenters. The van der Waals surface area contributed by atoms with E-state index >= 15 is 0 Å². The standard InChI is InChI=1S/C29H33ClN2O3/c1-7-19(3)35-27-17-24-21(15-26(27)34-6)16-28(33)32(29(24)20-8-10-22(30)11-9-20)25-13-12-23(31(4)5)14-18(25)2/h8-15,17,19,29H,7,16H2,1-6H3. The summed E-state index contributed by atoms with van der Waals surface area (Å²) in [5.41, 5.74) is 5.99. The highest BCUT2D eigenvalue weighted by atomic mass is 35.5. The Morgan fingerprint density at radius 2 is 1.80 bits per heavy atom. The lowest BCUT2D eigenvalue weighted by Crippen LogP contribution is -2.41. The summed E-state index contributed by atoms with van der Waals surface area (Å²) in [4.78, 5) is 17.7. The van der Waals surface area contributed by atoms with E-state index in [0.29, 0.717) is 16.5 Å². The Morgan fingerprint density at radius 3 is 2.40 bits per heavy atom. The molecule has 4 rings (SSSR count). The van der Waals surface area contributed by atoms with Gasteiger partial charge in [-0.25, -0.2) is 0 Å². The van der Waals surface area contributed by atoms with E-state index in [9.17, 15) is 4.79 Å². The summed E-state index contributed by atoms with van der Waals surface area (Å²) < 4.78 is 11.9. The van der Waals surface area contributed by atoms with Gasteiger partial charge in [-0.05, 0) is 85.0 Å². The normalized spacial score (nSPS) is 16.0. The molecule has 0 fully saturated rings. The number of hydrogen-bond donors (Lipinski definition) is 0. The number of ether oxygens (including phenoxy) is 2. The molecule has 0 aromatic heterocycles. The Labute approximate surface area is 213 Å². The molecular formula is C29H33ClN2O3. The SMILES string of the molecule is CCC(C)Oc1cc2c(cc1OC)CC(=O)N(c1ccc(N(C)C)cc1C)C2c1ccc(Cl)cc1. The second-order valence-corrected chi connectivity index (χ2v) is 9.73. The summed E-state index contributed by atoms with van der Waals surface area (Å²) in [7, 11) is 5.66. The van der Waals surface area contributed by atoms with Crippen LogP contribution in [0.25, 0.3) is 0 Å². The molecule has 5 nitrogen and oxygen atoms in total. The Kier molecular flexibility index (Phi) is 7.27. The number of methoxy groups -OCH3 is 1. The molecule has 0 saturated carbocycles. The average molecular weight is 493 g/mol. The predicted octanol–water partition coefficient (Wildman–Crippen LogP) is 6.58. The number of halogens is 1. The second kappa shape index (κ2) is 10.2. The van der Waals surface area contributed by atoms with Gasteiger partial charge in [-0.3, -0.25) is 4.79 Å². The zero-order valence-electron chi connectivity index (χ0n) is 21.3. The first-order valence-corrected chi connectivity index (χ1v) is 12.3. The van der Waals surface area contributed by atoms with E-state index < -0.39 is 0 Å². The summed E-state index contributed by atoms with van der Waals surface area (Å²) in [6, 6.07) is 17.6. The van der Waals surface area contributed by atoms with E-state index in [-0.39, 0.29) is 24.5 Å². The monoisotopic (exact) mass is 492 g/mol. The van der Waals surface area contributed by atoms with Gasteiger partial charge in [0, 0.05) is 30.5 Å². The largest absolute Gasteiger partial charge is 0.493 e. The number of amides is 1. The zero-order chi connectivity index (χ0) is 25.3. The number of hydrogen-bond acceptors (Lipinski definition) is 4. The van der Waals surface area contributed by atoms with Crippen LogP contribution >= 0.6 is 11.6 Å². The fraction of sp³-hybridized carbons (Fsp3) is 0.345. The molecular weight excluding hydrogens is 460 g/mol. The molecule has 184 valence electrons. The first kappa shape index (κ1) is 24.9. The van der Waals surface area contributed by atoms with E-state index in [0.717, 1.165) is 40.0 Å². The molecule has 3 aromatic carbocycles. The highest BCUT2D eigenvalue weighted by Gasteiger charge is 2.36. The van der Waals surface area contributed by atoms with E-state index in [4.69, 9.17) is 21.1 Å². The van der Waals surface area contributed by atoms with E-state index in [1.165, 1.54) is 0 Å². The van der Waals surface area contributed by atoms with Gasteiger partial charge >= 0.3 is 0 Å². The van der Waals surface area contributed by atoms with Gasteiger partial charge in [-0.2, -0.15) is 0 Å². The molecule has 6 heteroatoms. The van der Waals surface area contributed by atoms with Crippen LogP contribution in [-0.4, -0.2) is 33.2 Å². The first-order valence-electron chi connectivity index (χ1n) is 12.0. The summed E-state index contributed by atoms with van der Waals surface area (Å²) in [5.74, 6) is 1.37. The van der Waals surface area contributed by atoms with Crippen molar-refractivity contribution in [1.82, 2.24) is 0 Å². The van der Waals surface area contributed by atoms with Crippen molar-refractivity contribution >= 4 is 28.9 Å². The third-order valence-corrected chi connectivity index (χ3v) is 6.89. The van der Waals surface area contributed by atoms with Gasteiger partial charge in [0.15, 0.2) is 11.5 Å². The lowest BCUT2D eigenvalue weighted by Gasteiger charge is -2.39. The number of fused-ring (bicyclic) bond motifs is 1. The van der Waals surface area contributed by atoms with Gasteiger partial charge in [-0.15, -0.1) is 0 Å². The van der Waals surface area contributed by atoms with Crippen molar-refractivity contribution in [2.75, 3.05) is 31.0 Å². The average Bonchev–Trinajstić information content (AvgIpc) is 2.83. The molecule has 1 heterocycles. The summed E-state index contributed by atoms with van der Waals surface area (Å²) in [5, 5.41) is 0.657. The van der Waals surface area contributed by atoms with E-state index in [2.05, 4.69) is 30.9 Å². The lowest BCUT2D eigenvalue weighted by atomic mass is 9.86. The minimum absolute atomic E-state index is 0.0378. The van der Waals surface area contributed by atoms with Crippen LogP contribution in [0.4, 0.5) is 11.4 Å². The smallest absolute Gasteiger partial charge is 0.232 e. The molecule has 1 aliphatic heterocycles. The van der Waals surface area contributed by atoms with Crippen LogP contribution in [0.1, 0.15) is 48.6 Å². The number of carbonyl (C=O) groups excluding carboxylic acids is 1. The number of benzene rings is 3. The van der Waals surface area contributed by atoms with Crippen molar-refractivity contribution in [2.24, 2.45) is 0 Å². The highest BCUT2D eigenvalue weighted by Crippen LogP contribution is 2.44. The summed E-state index contributed by atoms with van der Waals surface area (Å²) in [6.07, 6.45) is 1.20. The molecule has 35 heavy (non-hydrogen) atoms. The van der Waals surface area contributed by atoms with Crippen molar-refractivity contribution in [3.05, 3.63) is 81.9 Å². The van der Waals surface area contributed by atoms with Crippen molar-refractivity contribution < 1.29 is 14.3 Å². The summed E-state index contributed by atoms with van der Waals surface area (Å²) >= 11 is 6.22. The molecule has 0 saturated heterocycles. The van der Waals surface area contributed by atoms with Crippen LogP contribution < -0.4 is 19.3 Å². The van der Waals surface area contributed by atoms with Crippen LogP contribution in [0.2, 0.25) is 5.02 Å². The highest BCUT2D eigenvalue weighted by molar-refractivity contribution is 6.30. The maximum atomic E-state index is 13.7. The predicted molar refractivity (Wildman–Crippen MR) is 143 cm³/mol. The van der Waals surface area contributed by atoms with Crippen LogP contribution in [0.15, 0.2) is 54.6 Å². The van der Waals surface area contributed by atoms with Crippen molar-refractivity contribution in [2.45, 2.75) is 45.8 Å². The van der Waals surface area contributed by atoms with Crippen LogP contribution in [0, 0.1) is 6.92 Å². The molecule has 3 aromatic rings. The second-order valence-electron chi connectivity index (χ2n) is 9.30. The molecule has 0 spiro atoms. The van der Waals surface area contributed by atoms with E-state index in [1.807, 2.05) is 68.4 Å². The van der Waals surface area contributed by atoms with Crippen LogP contribution in [0.3, 0.4) is 0 Å². The number of rotatable bonds is 7. The van der Waals surface area contributed by atoms with Gasteiger partial charge in [0.05, 0.1) is 25.7 Å². The number of carbonyl (C=O) groups is 1. The lowest BCUT2D eigenvalue weighted by molar-refractivity contribution is -0.118. The topological polar surface area (TPSA) is 42.0 Å². The fourth-order valence-electron chi connectivity index (χ4n) is 4.54. The van der Waals surface area contributed by atoms with Gasteiger partial charge in [-0.1, -0.05) is 30.7 Å². The number of anilines is 2. The third-order valence-electron chi connectivity index (χ3n) is 6.63. The maximum absolute atomic E-state index is 13.7. The Bertz CT molecular complexity index is 1220. The quantitative estimate of drug-likeness (QED) is 0.373. The van der Waals surface area contributed by atoms with Crippen molar-refractivity contribution in [3.8, 4) is 11.5 Å². The first-order chi connectivity index (χ1) is 16.7. The van der Waals surface area contributed by atoms with E-state index in [1.54, 1.807) is 7.11 Å². The number of aryl methyl sites for hydroxylation is 1. The molecule has 0 bridgehead atoms. The molecule has 0 aliphatic carbocycles. The molecule has 0 radical (unpaired) electrons.